The Bertz CT molecular complexity index is 214. The predicted octanol–water partition coefficient (Wildman–Crippen LogP) is 2.20. The molecule has 2 aliphatic rings. The molecule has 2 saturated heterocycles. The fourth-order valence-corrected chi connectivity index (χ4v) is 4.22. The Morgan fingerprint density at radius 2 is 2.25 bits per heavy atom. The molecule has 0 amide bonds. The fraction of sp³-hybridized carbons (Fsp3) is 1.00. The molecule has 0 aromatic rings. The van der Waals surface area contributed by atoms with Gasteiger partial charge in [0.05, 0.1) is 0 Å². The Morgan fingerprint density at radius 1 is 1.44 bits per heavy atom. The van der Waals surface area contributed by atoms with Crippen LogP contribution in [0, 0.1) is 5.92 Å². The predicted molar refractivity (Wildman–Crippen MR) is 73.1 cm³/mol. The molecule has 0 aliphatic carbocycles. The summed E-state index contributed by atoms with van der Waals surface area (Å²) in [4.78, 5) is 2.74. The van der Waals surface area contributed by atoms with Gasteiger partial charge in [-0.05, 0) is 31.4 Å². The van der Waals surface area contributed by atoms with Gasteiger partial charge in [-0.2, -0.15) is 11.8 Å². The van der Waals surface area contributed by atoms with E-state index in [2.05, 4.69) is 42.7 Å². The van der Waals surface area contributed by atoms with Crippen molar-refractivity contribution in [3.63, 3.8) is 0 Å². The van der Waals surface area contributed by atoms with Crippen molar-refractivity contribution in [1.82, 2.24) is 10.2 Å². The van der Waals surface area contributed by atoms with Gasteiger partial charge in [-0.15, -0.1) is 0 Å². The summed E-state index contributed by atoms with van der Waals surface area (Å²) >= 11 is 2.19. The average Bonchev–Trinajstić information content (AvgIpc) is 2.70. The molecule has 2 heterocycles. The second-order valence-corrected chi connectivity index (χ2v) is 7.12. The van der Waals surface area contributed by atoms with Gasteiger partial charge < -0.3 is 5.32 Å². The second-order valence-electron chi connectivity index (χ2n) is 5.71. The highest BCUT2D eigenvalue weighted by molar-refractivity contribution is 8.00. The number of hydrogen-bond donors (Lipinski definition) is 1. The van der Waals surface area contributed by atoms with Gasteiger partial charge in [0.2, 0.25) is 0 Å². The zero-order valence-corrected chi connectivity index (χ0v) is 11.7. The van der Waals surface area contributed by atoms with Gasteiger partial charge in [0.25, 0.3) is 0 Å². The number of piperazine rings is 1. The number of hydrogen-bond acceptors (Lipinski definition) is 3. The van der Waals surface area contributed by atoms with E-state index in [4.69, 9.17) is 0 Å². The van der Waals surface area contributed by atoms with Gasteiger partial charge in [-0.3, -0.25) is 4.90 Å². The van der Waals surface area contributed by atoms with Crippen LogP contribution in [0.4, 0.5) is 0 Å². The molecule has 2 fully saturated rings. The van der Waals surface area contributed by atoms with Crippen LogP contribution >= 0.6 is 11.8 Å². The van der Waals surface area contributed by atoms with E-state index in [1.165, 1.54) is 38.2 Å². The Hall–Kier alpha value is 0.270. The molecule has 0 bridgehead atoms. The van der Waals surface area contributed by atoms with Crippen molar-refractivity contribution >= 4 is 11.8 Å². The van der Waals surface area contributed by atoms with Crippen molar-refractivity contribution in [2.45, 2.75) is 50.9 Å². The molecule has 16 heavy (non-hydrogen) atoms. The standard InChI is InChI=1S/C13H26N2S/c1-10(2)13-7-14-11(3)8-15(13)9-12-5-4-6-16-12/h10-14H,4-9H2,1-3H3. The van der Waals surface area contributed by atoms with Crippen LogP contribution in [-0.4, -0.2) is 47.6 Å². The van der Waals surface area contributed by atoms with Crippen LogP contribution in [0.2, 0.25) is 0 Å². The molecule has 2 rings (SSSR count). The average molecular weight is 242 g/mol. The molecular weight excluding hydrogens is 216 g/mol. The van der Waals surface area contributed by atoms with Crippen molar-refractivity contribution in [2.24, 2.45) is 5.92 Å². The minimum atomic E-state index is 0.668. The van der Waals surface area contributed by atoms with Gasteiger partial charge in [0.15, 0.2) is 0 Å². The van der Waals surface area contributed by atoms with Gasteiger partial charge in [0, 0.05) is 37.0 Å². The SMILES string of the molecule is CC1CN(CC2CCCS2)C(C(C)C)CN1. The van der Waals surface area contributed by atoms with E-state index in [1.54, 1.807) is 0 Å². The lowest BCUT2D eigenvalue weighted by molar-refractivity contribution is 0.103. The van der Waals surface area contributed by atoms with Gasteiger partial charge in [-0.1, -0.05) is 13.8 Å². The molecule has 0 saturated carbocycles. The van der Waals surface area contributed by atoms with Crippen LogP contribution in [-0.2, 0) is 0 Å². The number of thioether (sulfide) groups is 1. The van der Waals surface area contributed by atoms with E-state index in [1.807, 2.05) is 0 Å². The molecule has 0 aromatic carbocycles. The van der Waals surface area contributed by atoms with Crippen LogP contribution in [0.3, 0.4) is 0 Å². The molecule has 3 heteroatoms. The number of rotatable bonds is 3. The molecule has 2 aliphatic heterocycles. The van der Waals surface area contributed by atoms with Crippen molar-refractivity contribution in [3.05, 3.63) is 0 Å². The second kappa shape index (κ2) is 5.74. The maximum Gasteiger partial charge on any atom is 0.0244 e. The highest BCUT2D eigenvalue weighted by Gasteiger charge is 2.30. The zero-order valence-electron chi connectivity index (χ0n) is 10.9. The first-order chi connectivity index (χ1) is 7.66. The molecule has 3 unspecified atom stereocenters. The van der Waals surface area contributed by atoms with E-state index >= 15 is 0 Å². The van der Waals surface area contributed by atoms with Gasteiger partial charge in [0.1, 0.15) is 0 Å². The molecule has 0 aromatic heterocycles. The fourth-order valence-electron chi connectivity index (χ4n) is 2.92. The Labute approximate surface area is 105 Å². The number of nitrogens with zero attached hydrogens (tertiary/aromatic N) is 1. The highest BCUT2D eigenvalue weighted by Crippen LogP contribution is 2.28. The maximum atomic E-state index is 3.62. The normalized spacial score (nSPS) is 37.1. The van der Waals surface area contributed by atoms with Crippen LogP contribution in [0.15, 0.2) is 0 Å². The van der Waals surface area contributed by atoms with E-state index in [0.717, 1.165) is 17.2 Å². The molecular formula is C13H26N2S. The zero-order chi connectivity index (χ0) is 11.5. The molecule has 1 N–H and O–H groups in total. The van der Waals surface area contributed by atoms with Crippen molar-refractivity contribution in [3.8, 4) is 0 Å². The quantitative estimate of drug-likeness (QED) is 0.817. The minimum Gasteiger partial charge on any atom is -0.311 e. The summed E-state index contributed by atoms with van der Waals surface area (Å²) in [5, 5.41) is 4.53. The van der Waals surface area contributed by atoms with Crippen LogP contribution in [0.5, 0.6) is 0 Å². The summed E-state index contributed by atoms with van der Waals surface area (Å²) in [6, 6.07) is 1.42. The van der Waals surface area contributed by atoms with Crippen molar-refractivity contribution in [1.29, 1.82) is 0 Å². The summed E-state index contributed by atoms with van der Waals surface area (Å²) in [5.74, 6) is 2.16. The van der Waals surface area contributed by atoms with Crippen molar-refractivity contribution in [2.75, 3.05) is 25.4 Å². The summed E-state index contributed by atoms with van der Waals surface area (Å²) in [5.41, 5.74) is 0. The first-order valence-corrected chi connectivity index (χ1v) is 7.80. The first kappa shape index (κ1) is 12.7. The lowest BCUT2D eigenvalue weighted by Gasteiger charge is -2.42. The summed E-state index contributed by atoms with van der Waals surface area (Å²) < 4.78 is 0. The Morgan fingerprint density at radius 3 is 2.88 bits per heavy atom. The molecule has 3 atom stereocenters. The van der Waals surface area contributed by atoms with E-state index in [9.17, 15) is 0 Å². The largest absolute Gasteiger partial charge is 0.311 e. The monoisotopic (exact) mass is 242 g/mol. The van der Waals surface area contributed by atoms with Crippen LogP contribution in [0.1, 0.15) is 33.6 Å². The highest BCUT2D eigenvalue weighted by atomic mass is 32.2. The lowest BCUT2D eigenvalue weighted by atomic mass is 9.98. The summed E-state index contributed by atoms with van der Waals surface area (Å²) in [6.07, 6.45) is 2.87. The topological polar surface area (TPSA) is 15.3 Å². The van der Waals surface area contributed by atoms with Gasteiger partial charge >= 0.3 is 0 Å². The third kappa shape index (κ3) is 3.14. The summed E-state index contributed by atoms with van der Waals surface area (Å²) in [7, 11) is 0. The van der Waals surface area contributed by atoms with Gasteiger partial charge in [-0.25, -0.2) is 0 Å². The third-order valence-electron chi connectivity index (χ3n) is 3.88. The summed E-state index contributed by atoms with van der Waals surface area (Å²) in [6.45, 7) is 10.8. The van der Waals surface area contributed by atoms with E-state index in [0.29, 0.717) is 6.04 Å². The smallest absolute Gasteiger partial charge is 0.0244 e. The number of nitrogens with one attached hydrogen (secondary N) is 1. The molecule has 0 spiro atoms. The third-order valence-corrected chi connectivity index (χ3v) is 5.27. The van der Waals surface area contributed by atoms with Crippen molar-refractivity contribution < 1.29 is 0 Å². The van der Waals surface area contributed by atoms with E-state index < -0.39 is 0 Å². The Kier molecular flexibility index (Phi) is 4.57. The molecule has 2 nitrogen and oxygen atoms in total. The van der Waals surface area contributed by atoms with Crippen LogP contribution in [0.25, 0.3) is 0 Å². The Balaban J connectivity index is 1.91. The lowest BCUT2D eigenvalue weighted by Crippen LogP contribution is -2.58. The molecule has 0 radical (unpaired) electrons. The first-order valence-electron chi connectivity index (χ1n) is 6.76. The maximum absolute atomic E-state index is 3.62. The van der Waals surface area contributed by atoms with E-state index in [-0.39, 0.29) is 0 Å². The minimum absolute atomic E-state index is 0.668. The van der Waals surface area contributed by atoms with Crippen LogP contribution < -0.4 is 5.32 Å². The molecule has 94 valence electrons.